The van der Waals surface area contributed by atoms with Crippen LogP contribution >= 0.6 is 0 Å². The van der Waals surface area contributed by atoms with Crippen molar-refractivity contribution in [3.8, 4) is 5.75 Å². The van der Waals surface area contributed by atoms with Crippen molar-refractivity contribution in [2.75, 3.05) is 26.6 Å². The first-order valence-electron chi connectivity index (χ1n) is 25.3. The maximum atomic E-state index is 15.2. The molecule has 374 valence electrons. The molecular formula is C61H64O11. The molecule has 0 fully saturated rings. The van der Waals surface area contributed by atoms with Gasteiger partial charge in [-0.2, -0.15) is 0 Å². The molecule has 0 saturated carbocycles. The first kappa shape index (κ1) is 50.3. The maximum absolute atomic E-state index is 15.2. The Balaban J connectivity index is 1.15. The van der Waals surface area contributed by atoms with E-state index in [9.17, 15) is 24.9 Å². The molecule has 7 atom stereocenters. The lowest BCUT2D eigenvalue weighted by Gasteiger charge is -2.45. The molecule has 5 aromatic carbocycles. The Morgan fingerprint density at radius 1 is 0.792 bits per heavy atom. The number of hydrogen-bond acceptors (Lipinski definition) is 11. The molecule has 4 aliphatic rings. The predicted molar refractivity (Wildman–Crippen MR) is 275 cm³/mol. The van der Waals surface area contributed by atoms with Gasteiger partial charge in [0.15, 0.2) is 12.2 Å². The summed E-state index contributed by atoms with van der Waals surface area (Å²) in [4.78, 5) is 44.1. The van der Waals surface area contributed by atoms with Gasteiger partial charge >= 0.3 is 17.6 Å². The maximum Gasteiger partial charge on any atom is 0.339 e. The van der Waals surface area contributed by atoms with Crippen LogP contribution in [-0.2, 0) is 43.1 Å². The number of aryl methyl sites for hydroxylation is 2. The van der Waals surface area contributed by atoms with E-state index in [1.165, 1.54) is 11.1 Å². The van der Waals surface area contributed by atoms with Crippen molar-refractivity contribution >= 4 is 22.9 Å². The lowest BCUT2D eigenvalue weighted by atomic mass is 9.72. The zero-order valence-corrected chi connectivity index (χ0v) is 41.0. The van der Waals surface area contributed by atoms with E-state index < -0.39 is 48.1 Å². The van der Waals surface area contributed by atoms with Crippen LogP contribution in [0.3, 0.4) is 0 Å². The quantitative estimate of drug-likeness (QED) is 0.0313. The second kappa shape index (κ2) is 22.8. The summed E-state index contributed by atoms with van der Waals surface area (Å²) >= 11 is 0. The number of benzene rings is 5. The Kier molecular flexibility index (Phi) is 16.0. The number of aliphatic hydroxyl groups excluding tert-OH is 3. The molecular weight excluding hydrogens is 909 g/mol. The standard InChI is InChI=1S/C61H64O11/c1-39(36-63)50-25-20-41-18-21-44(22-19-41)51-26-23-46(45-17-9-15-43(32-45)31-42-13-7-4-8-14-42)33-49(51)35-54(65)69-57-55-53(27-24-47-34-52(60(67)70-56(47)55)48(28-30-62)37-68-38-64)72-61(2,58(57)71-59(50)66)29-10-16-40-11-5-3-6-12-40/h3-9,11-15,17-19,21-24,26-27,32,34,46,48-49,51,57-58,62-64H,10,16,20,25,28-31,33,35-38H2,1-2H3. The molecule has 0 radical (unpaired) electrons. The van der Waals surface area contributed by atoms with Crippen LogP contribution in [0, 0.1) is 5.92 Å². The first-order valence-corrected chi connectivity index (χ1v) is 25.3. The fourth-order valence-electron chi connectivity index (χ4n) is 11.0. The third kappa shape index (κ3) is 11.4. The topological polar surface area (TPSA) is 162 Å². The Bertz CT molecular complexity index is 2960. The van der Waals surface area contributed by atoms with Crippen LogP contribution in [0.2, 0.25) is 0 Å². The summed E-state index contributed by atoms with van der Waals surface area (Å²) in [5.41, 5.74) is 6.16. The van der Waals surface area contributed by atoms with Gasteiger partial charge in [-0.3, -0.25) is 4.79 Å². The molecule has 1 aliphatic carbocycles. The van der Waals surface area contributed by atoms with Gasteiger partial charge in [0.1, 0.15) is 23.7 Å². The number of carbonyl (C=O) groups excluding carboxylic acids is 2. The number of esters is 2. The molecule has 4 heterocycles. The molecule has 10 rings (SSSR count). The molecule has 72 heavy (non-hydrogen) atoms. The number of carbonyl (C=O) groups is 2. The minimum absolute atomic E-state index is 0.0230. The molecule has 11 nitrogen and oxygen atoms in total. The van der Waals surface area contributed by atoms with Gasteiger partial charge in [-0.05, 0) is 128 Å². The summed E-state index contributed by atoms with van der Waals surface area (Å²) in [7, 11) is 0. The van der Waals surface area contributed by atoms with Crippen LogP contribution in [0.5, 0.6) is 5.75 Å². The molecule has 0 saturated heterocycles. The lowest BCUT2D eigenvalue weighted by molar-refractivity contribution is -0.192. The Morgan fingerprint density at radius 2 is 1.54 bits per heavy atom. The average molecular weight is 973 g/mol. The molecule has 0 amide bonds. The van der Waals surface area contributed by atoms with E-state index in [4.69, 9.17) is 23.4 Å². The fraction of sp³-hybridized carbons (Fsp3) is 0.361. The van der Waals surface area contributed by atoms with Crippen LogP contribution in [0.1, 0.15) is 121 Å². The normalized spacial score (nSPS) is 23.3. The number of rotatable bonds is 14. The minimum atomic E-state index is -1.31. The summed E-state index contributed by atoms with van der Waals surface area (Å²) in [5, 5.41) is 30.3. The van der Waals surface area contributed by atoms with Gasteiger partial charge in [-0.1, -0.05) is 121 Å². The minimum Gasteiger partial charge on any atom is -0.483 e. The smallest absolute Gasteiger partial charge is 0.339 e. The lowest BCUT2D eigenvalue weighted by Crippen LogP contribution is -2.54. The second-order valence-electron chi connectivity index (χ2n) is 19.9. The molecule has 2 bridgehead atoms. The molecule has 6 aromatic rings. The third-order valence-corrected chi connectivity index (χ3v) is 14.9. The summed E-state index contributed by atoms with van der Waals surface area (Å²) in [6.07, 6.45) is 6.08. The summed E-state index contributed by atoms with van der Waals surface area (Å²) in [5.74, 6) is -1.77. The highest BCUT2D eigenvalue weighted by Crippen LogP contribution is 2.50. The third-order valence-electron chi connectivity index (χ3n) is 14.9. The largest absolute Gasteiger partial charge is 0.483 e. The number of allylic oxidation sites excluding steroid dienone is 2. The van der Waals surface area contributed by atoms with Crippen LogP contribution in [0.25, 0.3) is 11.0 Å². The van der Waals surface area contributed by atoms with Crippen molar-refractivity contribution in [1.82, 2.24) is 0 Å². The van der Waals surface area contributed by atoms with Gasteiger partial charge in [0.05, 0.1) is 18.8 Å². The van der Waals surface area contributed by atoms with Gasteiger partial charge in [0.25, 0.3) is 0 Å². The van der Waals surface area contributed by atoms with E-state index in [-0.39, 0.29) is 73.5 Å². The highest BCUT2D eigenvalue weighted by Gasteiger charge is 2.53. The zero-order chi connectivity index (χ0) is 50.2. The Hall–Kier alpha value is -6.63. The first-order chi connectivity index (χ1) is 35.0. The van der Waals surface area contributed by atoms with Crippen LogP contribution in [-0.4, -0.2) is 65.6 Å². The monoisotopic (exact) mass is 972 g/mol. The number of hydrogen-bond donors (Lipinski definition) is 3. The van der Waals surface area contributed by atoms with E-state index in [0.29, 0.717) is 54.4 Å². The van der Waals surface area contributed by atoms with Crippen molar-refractivity contribution in [2.45, 2.75) is 107 Å². The van der Waals surface area contributed by atoms with Gasteiger partial charge in [0, 0.05) is 47.3 Å². The van der Waals surface area contributed by atoms with Crippen LogP contribution in [0.4, 0.5) is 0 Å². The van der Waals surface area contributed by atoms with E-state index in [0.717, 1.165) is 28.7 Å². The number of fused-ring (bicyclic) bond motifs is 11. The summed E-state index contributed by atoms with van der Waals surface area (Å²) in [6, 6.07) is 42.7. The van der Waals surface area contributed by atoms with Crippen molar-refractivity contribution in [2.24, 2.45) is 5.92 Å². The van der Waals surface area contributed by atoms with E-state index in [1.807, 2.05) is 31.2 Å². The molecule has 0 spiro atoms. The van der Waals surface area contributed by atoms with Gasteiger partial charge in [-0.25, -0.2) is 9.59 Å². The predicted octanol–water partition coefficient (Wildman–Crippen LogP) is 10.3. The molecule has 3 N–H and O–H groups in total. The Morgan fingerprint density at radius 3 is 2.28 bits per heavy atom. The highest BCUT2D eigenvalue weighted by atomic mass is 16.6. The van der Waals surface area contributed by atoms with Gasteiger partial charge in [0.2, 0.25) is 0 Å². The average Bonchev–Trinajstić information content (AvgIpc) is 3.39. The van der Waals surface area contributed by atoms with E-state index >= 15 is 4.79 Å². The summed E-state index contributed by atoms with van der Waals surface area (Å²) < 4.78 is 32.0. The van der Waals surface area contributed by atoms with Crippen LogP contribution < -0.4 is 10.4 Å². The number of ether oxygens (including phenoxy) is 4. The van der Waals surface area contributed by atoms with E-state index in [2.05, 4.69) is 97.1 Å². The fourth-order valence-corrected chi connectivity index (χ4v) is 11.0. The molecule has 1 aromatic heterocycles. The van der Waals surface area contributed by atoms with Crippen molar-refractivity contribution in [1.29, 1.82) is 0 Å². The molecule has 11 heteroatoms. The molecule has 3 aliphatic heterocycles. The van der Waals surface area contributed by atoms with Gasteiger partial charge < -0.3 is 38.7 Å². The van der Waals surface area contributed by atoms with Crippen molar-refractivity contribution < 1.29 is 48.3 Å². The Labute approximate surface area is 420 Å². The van der Waals surface area contributed by atoms with Crippen molar-refractivity contribution in [3.63, 3.8) is 0 Å². The summed E-state index contributed by atoms with van der Waals surface area (Å²) in [6.45, 7) is 2.37. The molecule has 7 unspecified atom stereocenters. The van der Waals surface area contributed by atoms with Crippen molar-refractivity contribution in [3.05, 3.63) is 206 Å². The second-order valence-corrected chi connectivity index (χ2v) is 19.9. The highest BCUT2D eigenvalue weighted by molar-refractivity contribution is 5.90. The number of aliphatic hydroxyl groups is 3. The van der Waals surface area contributed by atoms with Gasteiger partial charge in [-0.15, -0.1) is 0 Å². The SMILES string of the molecule is CC(CO)=C1CCc2ccc(cc2)C2C=CC(c3cccc(Cc4ccccc4)c3)CC2CC(=O)OC2c3c(ccc4cc(C(CCO)COCO)c(=O)oc34)OC(C)(CCCc3ccccc3)C2OC1=O. The van der Waals surface area contributed by atoms with E-state index in [1.54, 1.807) is 25.1 Å². The zero-order valence-electron chi connectivity index (χ0n) is 41.0. The van der Waals surface area contributed by atoms with Crippen LogP contribution in [0.15, 0.2) is 160 Å².